The molecule has 2 aromatic rings. The van der Waals surface area contributed by atoms with Gasteiger partial charge in [-0.1, -0.05) is 6.07 Å². The molecule has 1 aliphatic rings. The fraction of sp³-hybridized carbons (Fsp3) is 0.143. The summed E-state index contributed by atoms with van der Waals surface area (Å²) in [7, 11) is 0. The summed E-state index contributed by atoms with van der Waals surface area (Å²) in [6.45, 7) is 1.91. The Morgan fingerprint density at radius 1 is 1.22 bits per heavy atom. The van der Waals surface area contributed by atoms with Crippen LogP contribution in [0.15, 0.2) is 52.9 Å². The van der Waals surface area contributed by atoms with Crippen molar-refractivity contribution in [3.05, 3.63) is 70.3 Å². The predicted octanol–water partition coefficient (Wildman–Crippen LogP) is 3.18. The van der Waals surface area contributed by atoms with Crippen LogP contribution in [0, 0.1) is 11.3 Å². The summed E-state index contributed by atoms with van der Waals surface area (Å²) in [5, 5.41) is 18.4. The molecule has 6 heteroatoms. The third-order valence-electron chi connectivity index (χ3n) is 4.47. The second-order valence-electron chi connectivity index (χ2n) is 6.13. The third kappa shape index (κ3) is 4.66. The Morgan fingerprint density at radius 3 is 2.44 bits per heavy atom. The zero-order valence-electron chi connectivity index (χ0n) is 14.4. The van der Waals surface area contributed by atoms with E-state index in [-0.39, 0.29) is 44.2 Å². The van der Waals surface area contributed by atoms with E-state index in [1.54, 1.807) is 18.4 Å². The quantitative estimate of drug-likeness (QED) is 0.625. The summed E-state index contributed by atoms with van der Waals surface area (Å²) in [5.41, 5.74) is 5.78. The van der Waals surface area contributed by atoms with Crippen LogP contribution in [0.3, 0.4) is 0 Å². The number of rotatable bonds is 4. The first-order chi connectivity index (χ1) is 12.4. The molecule has 0 aromatic heterocycles. The second kappa shape index (κ2) is 9.09. The zero-order chi connectivity index (χ0) is 18.8. The van der Waals surface area contributed by atoms with Gasteiger partial charge in [-0.2, -0.15) is 5.26 Å². The Bertz CT molecular complexity index is 985. The van der Waals surface area contributed by atoms with E-state index >= 15 is 0 Å². The Kier molecular flexibility index (Phi) is 7.32. The average Bonchev–Trinajstić information content (AvgIpc) is 2.87. The van der Waals surface area contributed by atoms with E-state index in [1.165, 1.54) is 0 Å². The molecule has 1 unspecified atom stereocenters. The van der Waals surface area contributed by atoms with Crippen LogP contribution in [0.4, 0.5) is 0 Å². The van der Waals surface area contributed by atoms with Gasteiger partial charge in [-0.3, -0.25) is 4.79 Å². The van der Waals surface area contributed by atoms with Gasteiger partial charge in [0.1, 0.15) is 6.26 Å². The van der Waals surface area contributed by atoms with Crippen molar-refractivity contribution in [2.75, 3.05) is 6.26 Å². The number of allylic oxidation sites excluding steroid dienone is 2. The molecule has 2 aromatic carbocycles. The monoisotopic (exact) mass is 405 g/mol. The summed E-state index contributed by atoms with van der Waals surface area (Å²) < 4.78 is 11.5. The standard InChI is InChI=1S/C21H17NO3S.Ca.2H/c1-13-18(9-14-3-6-16(7-4-14)26(2)25)17-8-5-15(12-22)10-20(17)19(13)11-21(23)24;;;/h3-10H,11H2,1-2H3,(H,23,24);;;. The molecule has 0 saturated heterocycles. The summed E-state index contributed by atoms with van der Waals surface area (Å²) in [4.78, 5) is 12.0. The molecular weight excluding hydrogens is 386 g/mol. The fourth-order valence-electron chi connectivity index (χ4n) is 3.15. The van der Waals surface area contributed by atoms with E-state index in [0.717, 1.165) is 38.3 Å². The maximum atomic E-state index is 11.5. The van der Waals surface area contributed by atoms with E-state index in [9.17, 15) is 14.5 Å². The number of carboxylic acids is 1. The van der Waals surface area contributed by atoms with Crippen molar-refractivity contribution in [2.24, 2.45) is 0 Å². The van der Waals surface area contributed by atoms with E-state index < -0.39 is 17.1 Å². The first kappa shape index (κ1) is 21.7. The van der Waals surface area contributed by atoms with E-state index in [0.29, 0.717) is 5.56 Å². The Balaban J connectivity index is 0.00000261. The van der Waals surface area contributed by atoms with Gasteiger partial charge >= 0.3 is 43.7 Å². The molecule has 1 atom stereocenters. The number of hydrogen-bond donors (Lipinski definition) is 1. The van der Waals surface area contributed by atoms with Gasteiger partial charge in [0.15, 0.2) is 4.90 Å². The Hall–Kier alpha value is -1.55. The molecule has 0 radical (unpaired) electrons. The van der Waals surface area contributed by atoms with Gasteiger partial charge in [0.05, 0.1) is 18.1 Å². The van der Waals surface area contributed by atoms with Gasteiger partial charge < -0.3 is 9.66 Å². The zero-order valence-corrected chi connectivity index (χ0v) is 15.3. The van der Waals surface area contributed by atoms with Gasteiger partial charge in [-0.15, -0.1) is 0 Å². The molecule has 0 spiro atoms. The number of carbonyl (C=O) groups is 1. The summed E-state index contributed by atoms with van der Waals surface area (Å²) in [6, 6.07) is 14.9. The number of nitrogens with zero attached hydrogens (tertiary/aromatic N) is 1. The summed E-state index contributed by atoms with van der Waals surface area (Å²) in [6.07, 6.45) is 3.55. The van der Waals surface area contributed by atoms with Crippen LogP contribution >= 0.6 is 0 Å². The van der Waals surface area contributed by atoms with Gasteiger partial charge in [-0.25, -0.2) is 0 Å². The number of hydrogen-bond acceptors (Lipinski definition) is 3. The van der Waals surface area contributed by atoms with Crippen LogP contribution in [0.25, 0.3) is 17.2 Å². The topological polar surface area (TPSA) is 84.1 Å². The van der Waals surface area contributed by atoms with Crippen molar-refractivity contribution in [1.29, 1.82) is 5.26 Å². The van der Waals surface area contributed by atoms with E-state index in [4.69, 9.17) is 5.26 Å². The van der Waals surface area contributed by atoms with Crippen LogP contribution in [0.2, 0.25) is 0 Å². The molecule has 4 nitrogen and oxygen atoms in total. The van der Waals surface area contributed by atoms with Gasteiger partial charge in [0, 0.05) is 0 Å². The van der Waals surface area contributed by atoms with Crippen molar-refractivity contribution in [2.45, 2.75) is 18.2 Å². The van der Waals surface area contributed by atoms with Gasteiger partial charge in [0.25, 0.3) is 0 Å². The molecular formula is C21H19CaNO3S. The number of nitriles is 1. The van der Waals surface area contributed by atoms with E-state index in [2.05, 4.69) is 6.07 Å². The molecule has 134 valence electrons. The van der Waals surface area contributed by atoms with Crippen LogP contribution < -0.4 is 0 Å². The van der Waals surface area contributed by atoms with Crippen LogP contribution in [0.5, 0.6) is 0 Å². The first-order valence-electron chi connectivity index (χ1n) is 8.02. The number of benzene rings is 2. The van der Waals surface area contributed by atoms with Crippen molar-refractivity contribution >= 4 is 72.1 Å². The number of aliphatic carboxylic acids is 1. The van der Waals surface area contributed by atoms with Gasteiger partial charge in [0.2, 0.25) is 0 Å². The van der Waals surface area contributed by atoms with Crippen molar-refractivity contribution in [3.63, 3.8) is 0 Å². The Morgan fingerprint density at radius 2 is 1.89 bits per heavy atom. The maximum absolute atomic E-state index is 11.5. The first-order valence-corrected chi connectivity index (χ1v) is 9.58. The molecule has 1 N–H and O–H groups in total. The molecule has 27 heavy (non-hydrogen) atoms. The third-order valence-corrected chi connectivity index (χ3v) is 5.41. The van der Waals surface area contributed by atoms with Crippen molar-refractivity contribution < 1.29 is 14.5 Å². The van der Waals surface area contributed by atoms with Crippen LogP contribution in [-0.2, 0) is 16.0 Å². The van der Waals surface area contributed by atoms with Crippen molar-refractivity contribution in [3.8, 4) is 6.07 Å². The molecule has 3 rings (SSSR count). The minimum atomic E-state index is -1.03. The fourth-order valence-corrected chi connectivity index (χ4v) is 3.67. The normalized spacial score (nSPS) is 15.1. The molecule has 0 aliphatic heterocycles. The second-order valence-corrected chi connectivity index (χ2v) is 7.51. The van der Waals surface area contributed by atoms with Crippen LogP contribution in [-0.4, -0.2) is 59.6 Å². The van der Waals surface area contributed by atoms with E-state index in [1.807, 2.05) is 43.3 Å². The van der Waals surface area contributed by atoms with Crippen LogP contribution in [0.1, 0.15) is 35.6 Å². The molecule has 0 fully saturated rings. The molecule has 0 heterocycles. The molecule has 0 bridgehead atoms. The van der Waals surface area contributed by atoms with Crippen molar-refractivity contribution in [1.82, 2.24) is 0 Å². The molecule has 0 amide bonds. The summed E-state index contributed by atoms with van der Waals surface area (Å²) >= 11 is -1.03. The van der Waals surface area contributed by atoms with Gasteiger partial charge in [-0.05, 0) is 94.0 Å². The Labute approximate surface area is 191 Å². The predicted molar refractivity (Wildman–Crippen MR) is 111 cm³/mol. The number of fused-ring (bicyclic) bond motifs is 1. The molecule has 1 aliphatic carbocycles. The molecule has 0 saturated carbocycles. The number of carboxylic acid groups (broad SMARTS) is 1. The average molecular weight is 406 g/mol. The summed E-state index contributed by atoms with van der Waals surface area (Å²) in [5.74, 6) is -0.899. The minimum absolute atomic E-state index is 0. The SMILES string of the molecule is CC1=C(CC(=O)O)c2cc(C#N)ccc2C1=Cc1ccc([S+](C)[O-])cc1.[CaH2].